The van der Waals surface area contributed by atoms with Crippen molar-refractivity contribution in [3.8, 4) is 0 Å². The fraction of sp³-hybridized carbons (Fsp3) is 0.300. The van der Waals surface area contributed by atoms with Gasteiger partial charge in [0.05, 0.1) is 5.69 Å². The van der Waals surface area contributed by atoms with E-state index >= 15 is 0 Å². The van der Waals surface area contributed by atoms with Crippen LogP contribution in [0.15, 0.2) is 47.6 Å². The summed E-state index contributed by atoms with van der Waals surface area (Å²) in [6.45, 7) is 5.32. The highest BCUT2D eigenvalue weighted by molar-refractivity contribution is 6.30. The third-order valence-corrected chi connectivity index (χ3v) is 3.94. The number of amides is 1. The van der Waals surface area contributed by atoms with Crippen LogP contribution in [0.25, 0.3) is 0 Å². The van der Waals surface area contributed by atoms with Crippen molar-refractivity contribution >= 4 is 29.2 Å². The molecule has 0 radical (unpaired) electrons. The summed E-state index contributed by atoms with van der Waals surface area (Å²) in [5, 5.41) is 18.7. The number of hydrogen-bond donors (Lipinski definition) is 1. The smallest absolute Gasteiger partial charge is 0.413 e. The van der Waals surface area contributed by atoms with Gasteiger partial charge in [-0.1, -0.05) is 47.1 Å². The molecule has 0 bridgehead atoms. The van der Waals surface area contributed by atoms with Crippen molar-refractivity contribution in [2.45, 2.75) is 33.0 Å². The van der Waals surface area contributed by atoms with Gasteiger partial charge >= 0.3 is 6.09 Å². The average Bonchev–Trinajstić information content (AvgIpc) is 3.09. The van der Waals surface area contributed by atoms with E-state index < -0.39 is 11.7 Å². The fourth-order valence-electron chi connectivity index (χ4n) is 2.51. The molecule has 31 heavy (non-hydrogen) atoms. The molecule has 0 aliphatic rings. The lowest BCUT2D eigenvalue weighted by Gasteiger charge is -2.19. The highest BCUT2D eigenvalue weighted by Crippen LogP contribution is 2.18. The molecule has 10 nitrogen and oxygen atoms in total. The molecule has 3 aromatic rings. The minimum absolute atomic E-state index is 0.00513. The van der Waals surface area contributed by atoms with Crippen molar-refractivity contribution < 1.29 is 14.4 Å². The number of nitrogens with one attached hydrogen (secondary N) is 1. The van der Waals surface area contributed by atoms with Crippen molar-refractivity contribution in [3.63, 3.8) is 0 Å². The van der Waals surface area contributed by atoms with Gasteiger partial charge in [-0.25, -0.2) is 14.5 Å². The molecule has 3 rings (SSSR count). The van der Waals surface area contributed by atoms with Crippen LogP contribution in [0.3, 0.4) is 0 Å². The van der Waals surface area contributed by atoms with Crippen molar-refractivity contribution in [3.05, 3.63) is 64.6 Å². The highest BCUT2D eigenvalue weighted by Gasteiger charge is 2.17. The summed E-state index contributed by atoms with van der Waals surface area (Å²) in [5.41, 5.74) is 1.08. The summed E-state index contributed by atoms with van der Waals surface area (Å²) in [6, 6.07) is 12.5. The molecule has 0 saturated heterocycles. The minimum Gasteiger partial charge on any atom is -0.444 e. The van der Waals surface area contributed by atoms with Crippen LogP contribution in [0, 0.1) is 0 Å². The molecule has 1 amide bonds. The average molecular weight is 444 g/mol. The van der Waals surface area contributed by atoms with E-state index in [1.807, 2.05) is 30.3 Å². The topological polar surface area (TPSA) is 116 Å². The molecule has 0 spiro atoms. The maximum atomic E-state index is 12.0. The Balaban J connectivity index is 1.76. The van der Waals surface area contributed by atoms with Gasteiger partial charge in [-0.05, 0) is 43.3 Å². The number of anilines is 1. The zero-order valence-electron chi connectivity index (χ0n) is 17.5. The van der Waals surface area contributed by atoms with Crippen LogP contribution in [0.5, 0.6) is 0 Å². The quantitative estimate of drug-likeness (QED) is 0.457. The zero-order chi connectivity index (χ0) is 22.4. The van der Waals surface area contributed by atoms with E-state index in [0.29, 0.717) is 22.3 Å². The molecule has 11 heteroatoms. The summed E-state index contributed by atoms with van der Waals surface area (Å²) in [4.78, 5) is 21.8. The molecular weight excluding hydrogens is 422 g/mol. The highest BCUT2D eigenvalue weighted by atomic mass is 35.5. The van der Waals surface area contributed by atoms with Gasteiger partial charge in [0.2, 0.25) is 5.82 Å². The second kappa shape index (κ2) is 9.52. The second-order valence-corrected chi connectivity index (χ2v) is 7.93. The first kappa shape index (κ1) is 22.2. The molecule has 2 aromatic heterocycles. The van der Waals surface area contributed by atoms with Gasteiger partial charge in [0.15, 0.2) is 12.3 Å². The predicted molar refractivity (Wildman–Crippen MR) is 115 cm³/mol. The Morgan fingerprint density at radius 1 is 1.23 bits per heavy atom. The molecule has 0 atom stereocenters. The number of benzene rings is 1. The number of halogens is 1. The molecular formula is C20H22ClN7O3. The van der Waals surface area contributed by atoms with Crippen molar-refractivity contribution in [2.24, 2.45) is 12.2 Å². The maximum Gasteiger partial charge on any atom is 0.413 e. The van der Waals surface area contributed by atoms with Gasteiger partial charge in [-0.3, -0.25) is 5.32 Å². The number of oxime groups is 1. The van der Waals surface area contributed by atoms with Crippen molar-refractivity contribution in [1.82, 2.24) is 25.2 Å². The number of aromatic nitrogens is 5. The number of tetrazole rings is 1. The lowest BCUT2D eigenvalue weighted by molar-refractivity contribution is 0.0635. The Kier molecular flexibility index (Phi) is 6.81. The molecule has 0 aliphatic carbocycles. The second-order valence-electron chi connectivity index (χ2n) is 7.49. The molecule has 0 saturated carbocycles. The maximum absolute atomic E-state index is 12.0. The number of rotatable bonds is 6. The Morgan fingerprint density at radius 2 is 1.97 bits per heavy atom. The third kappa shape index (κ3) is 6.48. The summed E-state index contributed by atoms with van der Waals surface area (Å²) in [7, 11) is 1.71. The van der Waals surface area contributed by atoms with Crippen LogP contribution < -0.4 is 5.32 Å². The van der Waals surface area contributed by atoms with Crippen LogP contribution >= 0.6 is 11.6 Å². The fourth-order valence-corrected chi connectivity index (χ4v) is 2.74. The normalized spacial score (nSPS) is 11.8. The van der Waals surface area contributed by atoms with E-state index in [1.165, 1.54) is 10.7 Å². The number of carbonyl (C=O) groups is 1. The first-order chi connectivity index (χ1) is 14.7. The van der Waals surface area contributed by atoms with E-state index in [9.17, 15) is 4.79 Å². The Labute approximate surface area is 184 Å². The zero-order valence-corrected chi connectivity index (χ0v) is 18.3. The molecule has 1 N–H and O–H groups in total. The molecule has 162 valence electrons. The molecule has 1 aromatic carbocycles. The molecule has 0 fully saturated rings. The van der Waals surface area contributed by atoms with E-state index in [0.717, 1.165) is 5.56 Å². The van der Waals surface area contributed by atoms with Crippen LogP contribution in [0.2, 0.25) is 5.02 Å². The lowest BCUT2D eigenvalue weighted by atomic mass is 10.1. The predicted octanol–water partition coefficient (Wildman–Crippen LogP) is 3.57. The van der Waals surface area contributed by atoms with Gasteiger partial charge in [0.25, 0.3) is 0 Å². The van der Waals surface area contributed by atoms with Crippen LogP contribution in [0.4, 0.5) is 10.6 Å². The van der Waals surface area contributed by atoms with Crippen LogP contribution in [-0.2, 0) is 23.2 Å². The van der Waals surface area contributed by atoms with E-state index in [1.54, 1.807) is 33.9 Å². The van der Waals surface area contributed by atoms with Gasteiger partial charge < -0.3 is 9.57 Å². The summed E-state index contributed by atoms with van der Waals surface area (Å²) >= 11 is 6.15. The largest absolute Gasteiger partial charge is 0.444 e. The number of pyridine rings is 1. The van der Waals surface area contributed by atoms with E-state index in [-0.39, 0.29) is 12.4 Å². The van der Waals surface area contributed by atoms with Gasteiger partial charge in [0.1, 0.15) is 11.4 Å². The Bertz CT molecular complexity index is 1080. The van der Waals surface area contributed by atoms with Crippen molar-refractivity contribution in [1.29, 1.82) is 0 Å². The summed E-state index contributed by atoms with van der Waals surface area (Å²) in [6.07, 6.45) is -0.631. The molecule has 0 aliphatic heterocycles. The lowest BCUT2D eigenvalue weighted by Crippen LogP contribution is -2.27. The van der Waals surface area contributed by atoms with E-state index in [2.05, 4.69) is 31.0 Å². The first-order valence-electron chi connectivity index (χ1n) is 9.36. The Morgan fingerprint density at radius 3 is 2.61 bits per heavy atom. The summed E-state index contributed by atoms with van der Waals surface area (Å²) < 4.78 is 6.72. The monoisotopic (exact) mass is 443 g/mol. The molecule has 0 unspecified atom stereocenters. The number of aryl methyl sites for hydroxylation is 1. The number of ether oxygens (including phenoxy) is 1. The van der Waals surface area contributed by atoms with E-state index in [4.69, 9.17) is 21.2 Å². The third-order valence-electron chi connectivity index (χ3n) is 3.72. The summed E-state index contributed by atoms with van der Waals surface area (Å²) in [5.74, 6) is 0.683. The molecule has 2 heterocycles. The van der Waals surface area contributed by atoms with Gasteiger partial charge in [0, 0.05) is 17.6 Å². The number of hydrogen-bond acceptors (Lipinski definition) is 8. The first-order valence-corrected chi connectivity index (χ1v) is 9.73. The van der Waals surface area contributed by atoms with Crippen molar-refractivity contribution in [2.75, 3.05) is 5.32 Å². The standard InChI is InChI=1S/C20H22ClN7O3/c1-20(2,3)31-19(29)23-16-11-14(21)10-15(22-16)12-30-25-17(13-8-6-5-7-9-13)18-24-26-27-28(18)4/h5-11H,12H2,1-4H3,(H,22,23,29)/b25-17-. The van der Waals surface area contributed by atoms with Crippen LogP contribution in [-0.4, -0.2) is 42.6 Å². The minimum atomic E-state index is -0.633. The number of carbonyl (C=O) groups excluding carboxylic acids is 1. The van der Waals surface area contributed by atoms with Crippen LogP contribution in [0.1, 0.15) is 37.9 Å². The van der Waals surface area contributed by atoms with Gasteiger partial charge in [-0.2, -0.15) is 0 Å². The number of nitrogens with zero attached hydrogens (tertiary/aromatic N) is 6. The Hall–Kier alpha value is -3.53. The SMILES string of the molecule is Cn1nnnc1/C(=N\OCc1cc(Cl)cc(NC(=O)OC(C)(C)C)n1)c1ccccc1. The van der Waals surface area contributed by atoms with Gasteiger partial charge in [-0.15, -0.1) is 5.10 Å².